The van der Waals surface area contributed by atoms with Crippen LogP contribution in [0, 0.1) is 0 Å². The Labute approximate surface area is 128 Å². The lowest BCUT2D eigenvalue weighted by Crippen LogP contribution is -2.45. The lowest BCUT2D eigenvalue weighted by atomic mass is 10.2. The first-order chi connectivity index (χ1) is 10.2. The van der Waals surface area contributed by atoms with Gasteiger partial charge in [-0.25, -0.2) is 9.97 Å². The van der Waals surface area contributed by atoms with Gasteiger partial charge in [0, 0.05) is 30.2 Å². The van der Waals surface area contributed by atoms with Crippen LogP contribution >= 0.6 is 11.3 Å². The first kappa shape index (κ1) is 14.3. The first-order valence-electron chi connectivity index (χ1n) is 7.02. The summed E-state index contributed by atoms with van der Waals surface area (Å²) >= 11 is 1.49. The van der Waals surface area contributed by atoms with Crippen LogP contribution in [-0.2, 0) is 4.74 Å². The number of morpholine rings is 1. The lowest BCUT2D eigenvalue weighted by molar-refractivity contribution is -0.00545. The van der Waals surface area contributed by atoms with Crippen molar-refractivity contribution in [3.63, 3.8) is 0 Å². The van der Waals surface area contributed by atoms with Crippen LogP contribution in [0.2, 0.25) is 0 Å². The van der Waals surface area contributed by atoms with Gasteiger partial charge in [0.15, 0.2) is 0 Å². The Balaban J connectivity index is 1.77. The Morgan fingerprint density at radius 3 is 2.62 bits per heavy atom. The third-order valence-corrected chi connectivity index (χ3v) is 4.25. The Kier molecular flexibility index (Phi) is 4.07. The molecule has 0 saturated carbocycles. The Bertz CT molecular complexity index is 589. The molecule has 0 radical (unpaired) electrons. The third-order valence-electron chi connectivity index (χ3n) is 3.44. The van der Waals surface area contributed by atoms with Crippen molar-refractivity contribution >= 4 is 17.2 Å². The van der Waals surface area contributed by atoms with Crippen molar-refractivity contribution in [2.45, 2.75) is 26.1 Å². The molecule has 0 aliphatic carbocycles. The zero-order valence-corrected chi connectivity index (χ0v) is 13.3. The second-order valence-electron chi connectivity index (χ2n) is 5.27. The lowest BCUT2D eigenvalue weighted by Gasteiger charge is -2.36. The quantitative estimate of drug-likeness (QED) is 0.872. The van der Waals surface area contributed by atoms with E-state index in [4.69, 9.17) is 9.47 Å². The van der Waals surface area contributed by atoms with Gasteiger partial charge < -0.3 is 14.4 Å². The van der Waals surface area contributed by atoms with E-state index < -0.39 is 0 Å². The Morgan fingerprint density at radius 1 is 1.29 bits per heavy atom. The van der Waals surface area contributed by atoms with Crippen LogP contribution in [0.25, 0.3) is 11.3 Å². The van der Waals surface area contributed by atoms with Gasteiger partial charge in [-0.05, 0) is 26.0 Å². The zero-order chi connectivity index (χ0) is 14.8. The second-order valence-corrected chi connectivity index (χ2v) is 6.09. The molecule has 0 unspecified atom stereocenters. The van der Waals surface area contributed by atoms with Crippen LogP contribution in [0.3, 0.4) is 0 Å². The summed E-state index contributed by atoms with van der Waals surface area (Å²) in [7, 11) is 1.63. The second kappa shape index (κ2) is 5.99. The van der Waals surface area contributed by atoms with Crippen molar-refractivity contribution in [1.82, 2.24) is 9.97 Å². The van der Waals surface area contributed by atoms with Gasteiger partial charge in [0.05, 0.1) is 25.0 Å². The minimum atomic E-state index is 0.234. The van der Waals surface area contributed by atoms with E-state index in [-0.39, 0.29) is 12.2 Å². The summed E-state index contributed by atoms with van der Waals surface area (Å²) in [6, 6.07) is 4.10. The molecule has 0 N–H and O–H groups in total. The standard InChI is InChI=1S/C15H19N3O2S/c1-10-7-18(8-11(2)20-10)14-5-4-12(6-16-14)13-9-21-15(17-13)19-3/h4-6,9-11H,7-8H2,1-3H3/t10-,11+. The van der Waals surface area contributed by atoms with E-state index in [1.54, 1.807) is 7.11 Å². The van der Waals surface area contributed by atoms with E-state index in [1.807, 2.05) is 17.6 Å². The molecule has 1 saturated heterocycles. The maximum absolute atomic E-state index is 5.75. The molecule has 0 spiro atoms. The Morgan fingerprint density at radius 2 is 2.05 bits per heavy atom. The number of nitrogens with zero attached hydrogens (tertiary/aromatic N) is 3. The molecule has 2 aromatic rings. The molecule has 2 aromatic heterocycles. The average Bonchev–Trinajstić information content (AvgIpc) is 2.95. The summed E-state index contributed by atoms with van der Waals surface area (Å²) in [5.74, 6) is 0.989. The van der Waals surface area contributed by atoms with E-state index in [0.717, 1.165) is 30.2 Å². The molecule has 0 bridgehead atoms. The van der Waals surface area contributed by atoms with Crippen LogP contribution in [0.1, 0.15) is 13.8 Å². The van der Waals surface area contributed by atoms with E-state index in [9.17, 15) is 0 Å². The van der Waals surface area contributed by atoms with Crippen molar-refractivity contribution in [2.24, 2.45) is 0 Å². The highest BCUT2D eigenvalue weighted by Gasteiger charge is 2.23. The molecule has 1 aliphatic heterocycles. The van der Waals surface area contributed by atoms with Gasteiger partial charge in [0.1, 0.15) is 5.82 Å². The number of anilines is 1. The number of hydrogen-bond acceptors (Lipinski definition) is 6. The topological polar surface area (TPSA) is 47.5 Å². The minimum Gasteiger partial charge on any atom is -0.473 e. The van der Waals surface area contributed by atoms with Crippen LogP contribution in [0.4, 0.5) is 5.82 Å². The molecule has 0 amide bonds. The summed E-state index contributed by atoms with van der Waals surface area (Å²) in [6.45, 7) is 5.94. The van der Waals surface area contributed by atoms with E-state index >= 15 is 0 Å². The van der Waals surface area contributed by atoms with Crippen LogP contribution in [0.15, 0.2) is 23.7 Å². The number of methoxy groups -OCH3 is 1. The molecule has 21 heavy (non-hydrogen) atoms. The van der Waals surface area contributed by atoms with Crippen molar-refractivity contribution in [3.05, 3.63) is 23.7 Å². The number of rotatable bonds is 3. The van der Waals surface area contributed by atoms with Crippen LogP contribution < -0.4 is 9.64 Å². The largest absolute Gasteiger partial charge is 0.473 e. The highest BCUT2D eigenvalue weighted by atomic mass is 32.1. The molecule has 3 rings (SSSR count). The van der Waals surface area contributed by atoms with E-state index in [0.29, 0.717) is 5.19 Å². The summed E-state index contributed by atoms with van der Waals surface area (Å²) in [6.07, 6.45) is 2.34. The molecule has 112 valence electrons. The fourth-order valence-electron chi connectivity index (χ4n) is 2.57. The van der Waals surface area contributed by atoms with Crippen LogP contribution in [-0.4, -0.2) is 42.4 Å². The van der Waals surface area contributed by atoms with Crippen LogP contribution in [0.5, 0.6) is 5.19 Å². The zero-order valence-electron chi connectivity index (χ0n) is 12.4. The fraction of sp³-hybridized carbons (Fsp3) is 0.467. The molecule has 0 aromatic carbocycles. The van der Waals surface area contributed by atoms with Crippen molar-refractivity contribution in [1.29, 1.82) is 0 Å². The predicted molar refractivity (Wildman–Crippen MR) is 84.1 cm³/mol. The normalized spacial score (nSPS) is 22.3. The first-order valence-corrected chi connectivity index (χ1v) is 7.90. The Hall–Kier alpha value is -1.66. The molecular weight excluding hydrogens is 286 g/mol. The van der Waals surface area contributed by atoms with Crippen molar-refractivity contribution in [2.75, 3.05) is 25.1 Å². The number of hydrogen-bond donors (Lipinski definition) is 0. The molecule has 1 fully saturated rings. The van der Waals surface area contributed by atoms with Gasteiger partial charge in [-0.15, -0.1) is 0 Å². The SMILES string of the molecule is COc1nc(-c2ccc(N3C[C@@H](C)O[C@@H](C)C3)nc2)cs1. The molecule has 5 nitrogen and oxygen atoms in total. The molecule has 1 aliphatic rings. The number of thiazole rings is 1. The number of ether oxygens (including phenoxy) is 2. The van der Waals surface area contributed by atoms with Crippen molar-refractivity contribution in [3.8, 4) is 16.5 Å². The fourth-order valence-corrected chi connectivity index (χ4v) is 3.22. The van der Waals surface area contributed by atoms with Gasteiger partial charge in [-0.3, -0.25) is 0 Å². The third kappa shape index (κ3) is 3.16. The maximum Gasteiger partial charge on any atom is 0.273 e. The predicted octanol–water partition coefficient (Wildman–Crippen LogP) is 2.83. The highest BCUT2D eigenvalue weighted by Crippen LogP contribution is 2.27. The van der Waals surface area contributed by atoms with Crippen molar-refractivity contribution < 1.29 is 9.47 Å². The summed E-state index contributed by atoms with van der Waals surface area (Å²) in [5.41, 5.74) is 1.91. The smallest absolute Gasteiger partial charge is 0.273 e. The monoisotopic (exact) mass is 305 g/mol. The van der Waals surface area contributed by atoms with Gasteiger partial charge in [-0.2, -0.15) is 0 Å². The van der Waals surface area contributed by atoms with Gasteiger partial charge >= 0.3 is 0 Å². The average molecular weight is 305 g/mol. The molecule has 3 heterocycles. The van der Waals surface area contributed by atoms with Gasteiger partial charge in [-0.1, -0.05) is 11.3 Å². The van der Waals surface area contributed by atoms with E-state index in [1.165, 1.54) is 11.3 Å². The number of aromatic nitrogens is 2. The maximum atomic E-state index is 5.75. The number of pyridine rings is 1. The molecular formula is C15H19N3O2S. The van der Waals surface area contributed by atoms with E-state index in [2.05, 4.69) is 34.8 Å². The molecule has 2 atom stereocenters. The van der Waals surface area contributed by atoms with Gasteiger partial charge in [0.25, 0.3) is 5.19 Å². The molecule has 6 heteroatoms. The minimum absolute atomic E-state index is 0.234. The summed E-state index contributed by atoms with van der Waals surface area (Å²) in [4.78, 5) is 11.2. The highest BCUT2D eigenvalue weighted by molar-refractivity contribution is 7.11. The van der Waals surface area contributed by atoms with Gasteiger partial charge in [0.2, 0.25) is 0 Å². The summed E-state index contributed by atoms with van der Waals surface area (Å²) < 4.78 is 10.9. The summed E-state index contributed by atoms with van der Waals surface area (Å²) in [5, 5.41) is 2.65.